The Morgan fingerprint density at radius 3 is 2.70 bits per heavy atom. The zero-order valence-corrected chi connectivity index (χ0v) is 12.5. The van der Waals surface area contributed by atoms with E-state index in [-0.39, 0.29) is 16.9 Å². The molecule has 0 aliphatic carbocycles. The molecule has 2 aliphatic rings. The van der Waals surface area contributed by atoms with Crippen LogP contribution in [0, 0.1) is 11.3 Å². The van der Waals surface area contributed by atoms with Gasteiger partial charge in [-0.25, -0.2) is 0 Å². The second kappa shape index (κ2) is 4.82. The minimum absolute atomic E-state index is 0.171. The van der Waals surface area contributed by atoms with Gasteiger partial charge in [0.15, 0.2) is 5.54 Å². The molecule has 2 aliphatic heterocycles. The van der Waals surface area contributed by atoms with Crippen molar-refractivity contribution >= 4 is 11.5 Å². The Balaban J connectivity index is 1.82. The number of aromatic nitrogens is 1. The van der Waals surface area contributed by atoms with Gasteiger partial charge in [0.2, 0.25) is 5.78 Å². The highest BCUT2D eigenvalue weighted by molar-refractivity contribution is 6.16. The molecule has 0 N–H and O–H groups in total. The number of carbonyl (C=O) groups excluding carboxylic acids is 1. The van der Waals surface area contributed by atoms with Crippen molar-refractivity contribution in [2.75, 3.05) is 11.4 Å². The molecule has 1 fully saturated rings. The van der Waals surface area contributed by atoms with Crippen molar-refractivity contribution in [2.24, 2.45) is 0 Å². The predicted molar refractivity (Wildman–Crippen MR) is 85.5 cm³/mol. The van der Waals surface area contributed by atoms with Crippen molar-refractivity contribution in [1.82, 2.24) is 4.57 Å². The third kappa shape index (κ3) is 1.78. The molecule has 2 aromatic rings. The van der Waals surface area contributed by atoms with Crippen molar-refractivity contribution in [1.29, 1.82) is 5.26 Å². The number of nitriles is 1. The van der Waals surface area contributed by atoms with Gasteiger partial charge in [0.05, 0.1) is 18.3 Å². The van der Waals surface area contributed by atoms with E-state index >= 15 is 0 Å². The Labute approximate surface area is 133 Å². The van der Waals surface area contributed by atoms with E-state index in [0.717, 1.165) is 12.0 Å². The number of nitrogens with zero attached hydrogens (tertiary/aromatic N) is 3. The Kier molecular flexibility index (Phi) is 2.88. The molecule has 3 heterocycles. The molecule has 1 atom stereocenters. The molecule has 0 amide bonds. The maximum absolute atomic E-state index is 12.8. The van der Waals surface area contributed by atoms with Crippen LogP contribution in [-0.2, 0) is 6.54 Å². The largest absolute Gasteiger partial charge is 0.346 e. The fraction of sp³-hybridized carbons (Fsp3) is 0.278. The third-order valence-corrected chi connectivity index (χ3v) is 4.80. The summed E-state index contributed by atoms with van der Waals surface area (Å²) in [4.78, 5) is 27.4. The first-order chi connectivity index (χ1) is 11.2. The van der Waals surface area contributed by atoms with Gasteiger partial charge in [0, 0.05) is 12.7 Å². The molecule has 1 saturated heterocycles. The highest BCUT2D eigenvalue weighted by Gasteiger charge is 2.55. The number of fused-ring (bicyclic) bond motifs is 3. The highest BCUT2D eigenvalue weighted by Crippen LogP contribution is 2.43. The number of carbonyl (C=O) groups is 1. The van der Waals surface area contributed by atoms with Crippen LogP contribution in [0.4, 0.5) is 5.69 Å². The summed E-state index contributed by atoms with van der Waals surface area (Å²) < 4.78 is 1.54. The molecule has 0 spiro atoms. The topological polar surface area (TPSA) is 66.1 Å². The van der Waals surface area contributed by atoms with Gasteiger partial charge in [-0.2, -0.15) is 5.26 Å². The number of Topliss-reactive ketones (excluding diaryl/α,β-unsaturated/α-hetero) is 1. The van der Waals surface area contributed by atoms with Crippen molar-refractivity contribution in [3.63, 3.8) is 0 Å². The van der Waals surface area contributed by atoms with Crippen LogP contribution in [0.15, 0.2) is 47.4 Å². The number of pyridine rings is 1. The monoisotopic (exact) mass is 305 g/mol. The molecule has 114 valence electrons. The highest BCUT2D eigenvalue weighted by atomic mass is 16.2. The summed E-state index contributed by atoms with van der Waals surface area (Å²) >= 11 is 0. The average Bonchev–Trinajstić information content (AvgIpc) is 3.10. The quantitative estimate of drug-likeness (QED) is 0.850. The summed E-state index contributed by atoms with van der Waals surface area (Å²) in [6.07, 6.45) is 3.01. The van der Waals surface area contributed by atoms with E-state index in [2.05, 4.69) is 6.07 Å². The summed E-state index contributed by atoms with van der Waals surface area (Å²) in [5.41, 5.74) is 0.317. The molecule has 23 heavy (non-hydrogen) atoms. The van der Waals surface area contributed by atoms with E-state index in [1.54, 1.807) is 21.7 Å². The summed E-state index contributed by atoms with van der Waals surface area (Å²) in [7, 11) is 0. The second-order valence-corrected chi connectivity index (χ2v) is 6.05. The molecule has 1 aromatic heterocycles. The van der Waals surface area contributed by atoms with E-state index in [4.69, 9.17) is 0 Å². The van der Waals surface area contributed by atoms with Crippen molar-refractivity contribution in [3.05, 3.63) is 64.1 Å². The third-order valence-electron chi connectivity index (χ3n) is 4.80. The molecule has 1 unspecified atom stereocenters. The number of hydrogen-bond acceptors (Lipinski definition) is 4. The van der Waals surface area contributed by atoms with Crippen molar-refractivity contribution in [2.45, 2.75) is 24.9 Å². The van der Waals surface area contributed by atoms with Gasteiger partial charge in [-0.05, 0) is 24.5 Å². The number of ketones is 1. The Hall–Kier alpha value is -2.87. The number of rotatable bonds is 2. The maximum Gasteiger partial charge on any atom is 0.263 e. The fourth-order valence-electron chi connectivity index (χ4n) is 3.66. The van der Waals surface area contributed by atoms with Crippen molar-refractivity contribution in [3.8, 4) is 6.07 Å². The molecule has 0 saturated carbocycles. The van der Waals surface area contributed by atoms with Gasteiger partial charge in [-0.3, -0.25) is 9.59 Å². The van der Waals surface area contributed by atoms with Crippen LogP contribution in [0.2, 0.25) is 0 Å². The van der Waals surface area contributed by atoms with E-state index in [0.29, 0.717) is 25.2 Å². The van der Waals surface area contributed by atoms with Gasteiger partial charge in [0.1, 0.15) is 5.56 Å². The van der Waals surface area contributed by atoms with Gasteiger partial charge in [-0.15, -0.1) is 0 Å². The van der Waals surface area contributed by atoms with E-state index in [1.165, 1.54) is 0 Å². The summed E-state index contributed by atoms with van der Waals surface area (Å²) in [5, 5.41) is 9.54. The zero-order chi connectivity index (χ0) is 16.0. The lowest BCUT2D eigenvalue weighted by Crippen LogP contribution is -2.44. The maximum atomic E-state index is 12.8. The number of hydrogen-bond donors (Lipinski definition) is 0. The SMILES string of the molecule is N#CC12CCCN1c1ccn(Cc3ccccc3)c(=O)c1C2=O. The minimum atomic E-state index is -1.16. The molecule has 0 radical (unpaired) electrons. The standard InChI is InChI=1S/C18H15N3O2/c19-12-18-8-4-9-21(18)14-7-10-20(17(23)15(14)16(18)22)11-13-5-2-1-3-6-13/h1-3,5-7,10H,4,8-9,11H2. The molecule has 1 aromatic carbocycles. The van der Waals surface area contributed by atoms with Gasteiger partial charge in [0.25, 0.3) is 5.56 Å². The Bertz CT molecular complexity index is 895. The Morgan fingerprint density at radius 1 is 1.17 bits per heavy atom. The number of benzene rings is 1. The lowest BCUT2D eigenvalue weighted by Gasteiger charge is -2.24. The van der Waals surface area contributed by atoms with Crippen molar-refractivity contribution < 1.29 is 4.79 Å². The van der Waals surface area contributed by atoms with E-state index < -0.39 is 5.54 Å². The summed E-state index contributed by atoms with van der Waals surface area (Å²) in [6, 6.07) is 13.6. The Morgan fingerprint density at radius 2 is 1.96 bits per heavy atom. The van der Waals surface area contributed by atoms with Crippen LogP contribution in [0.25, 0.3) is 0 Å². The van der Waals surface area contributed by atoms with Crippen LogP contribution < -0.4 is 10.5 Å². The van der Waals surface area contributed by atoms with E-state index in [9.17, 15) is 14.9 Å². The molecule has 5 heteroatoms. The first-order valence-electron chi connectivity index (χ1n) is 7.68. The first kappa shape index (κ1) is 13.8. The zero-order valence-electron chi connectivity index (χ0n) is 12.5. The number of anilines is 1. The summed E-state index contributed by atoms with van der Waals surface area (Å²) in [5.74, 6) is -0.333. The molecular weight excluding hydrogens is 290 g/mol. The molecule has 5 nitrogen and oxygen atoms in total. The second-order valence-electron chi connectivity index (χ2n) is 6.05. The van der Waals surface area contributed by atoms with E-state index in [1.807, 2.05) is 30.3 Å². The molecule has 4 rings (SSSR count). The molecule has 0 bridgehead atoms. The first-order valence-corrected chi connectivity index (χ1v) is 7.68. The lowest BCUT2D eigenvalue weighted by atomic mass is 9.93. The van der Waals surface area contributed by atoms with Crippen LogP contribution in [0.3, 0.4) is 0 Å². The van der Waals surface area contributed by atoms with Gasteiger partial charge >= 0.3 is 0 Å². The fourth-order valence-corrected chi connectivity index (χ4v) is 3.66. The summed E-state index contributed by atoms with van der Waals surface area (Å²) in [6.45, 7) is 1.06. The minimum Gasteiger partial charge on any atom is -0.346 e. The van der Waals surface area contributed by atoms with Crippen LogP contribution in [0.1, 0.15) is 28.8 Å². The van der Waals surface area contributed by atoms with Gasteiger partial charge < -0.3 is 9.47 Å². The molecular formula is C18H15N3O2. The average molecular weight is 305 g/mol. The predicted octanol–water partition coefficient (Wildman–Crippen LogP) is 1.96. The normalized spacial score (nSPS) is 21.9. The van der Waals surface area contributed by atoms with Crippen LogP contribution in [0.5, 0.6) is 0 Å². The smallest absolute Gasteiger partial charge is 0.263 e. The lowest BCUT2D eigenvalue weighted by molar-refractivity contribution is 0.0940. The van der Waals surface area contributed by atoms with Gasteiger partial charge in [-0.1, -0.05) is 30.3 Å². The van der Waals surface area contributed by atoms with Crippen LogP contribution >= 0.6 is 0 Å². The van der Waals surface area contributed by atoms with Crippen LogP contribution in [-0.4, -0.2) is 22.4 Å².